The molecule has 1 aliphatic heterocycles. The molecule has 1 aliphatic rings. The van der Waals surface area contributed by atoms with E-state index in [1.54, 1.807) is 12.1 Å². The second-order valence-corrected chi connectivity index (χ2v) is 4.52. The zero-order valence-electron chi connectivity index (χ0n) is 8.60. The highest BCUT2D eigenvalue weighted by atomic mass is 35.5. The molecule has 0 aromatic heterocycles. The van der Waals surface area contributed by atoms with E-state index in [0.29, 0.717) is 11.1 Å². The van der Waals surface area contributed by atoms with Crippen LogP contribution in [0.1, 0.15) is 24.8 Å². The van der Waals surface area contributed by atoms with Crippen LogP contribution in [0.4, 0.5) is 4.39 Å². The third kappa shape index (κ3) is 2.93. The smallest absolute Gasteiger partial charge is 0.127 e. The topological polar surface area (TPSA) is 12.0 Å². The summed E-state index contributed by atoms with van der Waals surface area (Å²) in [6, 6.07) is 5.35. The number of halogens is 2. The van der Waals surface area contributed by atoms with Gasteiger partial charge >= 0.3 is 0 Å². The number of benzene rings is 1. The van der Waals surface area contributed by atoms with Crippen LogP contribution in [-0.4, -0.2) is 12.6 Å². The van der Waals surface area contributed by atoms with Gasteiger partial charge in [0.25, 0.3) is 0 Å². The number of hydrogen-bond donors (Lipinski definition) is 1. The Bertz CT molecular complexity index is 334. The molecule has 3 heteroatoms. The van der Waals surface area contributed by atoms with Crippen molar-refractivity contribution >= 4 is 11.6 Å². The van der Waals surface area contributed by atoms with Crippen molar-refractivity contribution in [2.24, 2.45) is 0 Å². The maximum atomic E-state index is 13.5. The minimum atomic E-state index is -0.185. The normalized spacial score (nSPS) is 21.6. The molecule has 0 bridgehead atoms. The molecule has 0 spiro atoms. The molecule has 2 rings (SSSR count). The summed E-state index contributed by atoms with van der Waals surface area (Å²) in [5.41, 5.74) is 0.763. The van der Waals surface area contributed by atoms with Crippen LogP contribution in [0.3, 0.4) is 0 Å². The van der Waals surface area contributed by atoms with Gasteiger partial charge < -0.3 is 5.32 Å². The molecule has 15 heavy (non-hydrogen) atoms. The molecule has 0 amide bonds. The Hall–Kier alpha value is -0.600. The fourth-order valence-corrected chi connectivity index (χ4v) is 2.21. The summed E-state index contributed by atoms with van der Waals surface area (Å²) in [6.45, 7) is 1.06. The molecule has 1 atom stereocenters. The Morgan fingerprint density at radius 2 is 2.27 bits per heavy atom. The predicted molar refractivity (Wildman–Crippen MR) is 60.8 cm³/mol. The average Bonchev–Trinajstić information content (AvgIpc) is 2.24. The van der Waals surface area contributed by atoms with Gasteiger partial charge in [-0.05, 0) is 43.5 Å². The molecule has 82 valence electrons. The first kappa shape index (κ1) is 10.9. The third-order valence-corrected chi connectivity index (χ3v) is 3.13. The Morgan fingerprint density at radius 3 is 2.93 bits per heavy atom. The Kier molecular flexibility index (Phi) is 3.60. The van der Waals surface area contributed by atoms with Gasteiger partial charge in [-0.15, -0.1) is 0 Å². The molecule has 1 aromatic carbocycles. The molecule has 0 aliphatic carbocycles. The lowest BCUT2D eigenvalue weighted by atomic mass is 9.97. The monoisotopic (exact) mass is 227 g/mol. The van der Waals surface area contributed by atoms with Crippen molar-refractivity contribution in [3.05, 3.63) is 34.6 Å². The van der Waals surface area contributed by atoms with E-state index in [2.05, 4.69) is 5.32 Å². The van der Waals surface area contributed by atoms with Crippen LogP contribution in [0.15, 0.2) is 18.2 Å². The molecule has 1 heterocycles. The van der Waals surface area contributed by atoms with Gasteiger partial charge in [0.2, 0.25) is 0 Å². The van der Waals surface area contributed by atoms with Crippen molar-refractivity contribution in [3.63, 3.8) is 0 Å². The van der Waals surface area contributed by atoms with Gasteiger partial charge in [0.15, 0.2) is 0 Å². The van der Waals surface area contributed by atoms with Crippen molar-refractivity contribution in [3.8, 4) is 0 Å². The van der Waals surface area contributed by atoms with Gasteiger partial charge in [-0.1, -0.05) is 24.1 Å². The fraction of sp³-hybridized carbons (Fsp3) is 0.500. The number of rotatable bonds is 2. The van der Waals surface area contributed by atoms with Gasteiger partial charge in [0.1, 0.15) is 5.82 Å². The maximum Gasteiger partial charge on any atom is 0.127 e. The van der Waals surface area contributed by atoms with Crippen LogP contribution in [0.25, 0.3) is 0 Å². The van der Waals surface area contributed by atoms with E-state index in [0.717, 1.165) is 24.9 Å². The van der Waals surface area contributed by atoms with E-state index >= 15 is 0 Å². The number of hydrogen-bond acceptors (Lipinski definition) is 1. The van der Waals surface area contributed by atoms with Crippen LogP contribution in [0.5, 0.6) is 0 Å². The van der Waals surface area contributed by atoms with Gasteiger partial charge in [0.05, 0.1) is 0 Å². The Morgan fingerprint density at radius 1 is 1.40 bits per heavy atom. The molecule has 0 radical (unpaired) electrons. The number of piperidine rings is 1. The van der Waals surface area contributed by atoms with Gasteiger partial charge in [-0.25, -0.2) is 4.39 Å². The quantitative estimate of drug-likeness (QED) is 0.819. The third-order valence-electron chi connectivity index (χ3n) is 2.89. The highest BCUT2D eigenvalue weighted by Gasteiger charge is 2.14. The summed E-state index contributed by atoms with van der Waals surface area (Å²) in [7, 11) is 0. The molecule has 1 saturated heterocycles. The van der Waals surface area contributed by atoms with Gasteiger partial charge in [0, 0.05) is 11.1 Å². The van der Waals surface area contributed by atoms with Gasteiger partial charge in [-0.2, -0.15) is 0 Å². The summed E-state index contributed by atoms with van der Waals surface area (Å²) >= 11 is 5.70. The fourth-order valence-electron chi connectivity index (χ4n) is 2.05. The lowest BCUT2D eigenvalue weighted by Crippen LogP contribution is -2.35. The summed E-state index contributed by atoms with van der Waals surface area (Å²) in [5.74, 6) is -0.185. The molecule has 1 nitrogen and oxygen atoms in total. The van der Waals surface area contributed by atoms with Crippen LogP contribution in [-0.2, 0) is 6.42 Å². The summed E-state index contributed by atoms with van der Waals surface area (Å²) in [5, 5.41) is 3.88. The van der Waals surface area contributed by atoms with E-state index in [-0.39, 0.29) is 5.82 Å². The molecule has 0 saturated carbocycles. The first-order chi connectivity index (χ1) is 7.25. The SMILES string of the molecule is Fc1cc(Cl)ccc1CC1CCCCN1. The van der Waals surface area contributed by atoms with Crippen molar-refractivity contribution in [1.29, 1.82) is 0 Å². The van der Waals surface area contributed by atoms with Crippen molar-refractivity contribution in [1.82, 2.24) is 5.32 Å². The molecular formula is C12H15ClFN. The number of nitrogens with one attached hydrogen (secondary N) is 1. The predicted octanol–water partition coefficient (Wildman–Crippen LogP) is 3.16. The molecule has 1 aromatic rings. The van der Waals surface area contributed by atoms with E-state index in [1.165, 1.54) is 18.9 Å². The van der Waals surface area contributed by atoms with E-state index in [4.69, 9.17) is 11.6 Å². The summed E-state index contributed by atoms with van der Waals surface area (Å²) in [4.78, 5) is 0. The second kappa shape index (κ2) is 4.95. The largest absolute Gasteiger partial charge is 0.314 e. The van der Waals surface area contributed by atoms with Gasteiger partial charge in [-0.3, -0.25) is 0 Å². The Balaban J connectivity index is 2.03. The van der Waals surface area contributed by atoms with Crippen molar-refractivity contribution < 1.29 is 4.39 Å². The van der Waals surface area contributed by atoms with Crippen molar-refractivity contribution in [2.75, 3.05) is 6.54 Å². The minimum Gasteiger partial charge on any atom is -0.314 e. The van der Waals surface area contributed by atoms with Crippen LogP contribution >= 0.6 is 11.6 Å². The first-order valence-corrected chi connectivity index (χ1v) is 5.81. The molecule has 1 N–H and O–H groups in total. The lowest BCUT2D eigenvalue weighted by molar-refractivity contribution is 0.395. The summed E-state index contributed by atoms with van der Waals surface area (Å²) < 4.78 is 13.5. The Labute approximate surface area is 94.6 Å². The van der Waals surface area contributed by atoms with E-state index < -0.39 is 0 Å². The average molecular weight is 228 g/mol. The zero-order valence-corrected chi connectivity index (χ0v) is 9.36. The van der Waals surface area contributed by atoms with Crippen LogP contribution < -0.4 is 5.32 Å². The molecule has 1 unspecified atom stereocenters. The highest BCUT2D eigenvalue weighted by Crippen LogP contribution is 2.18. The molecule has 1 fully saturated rings. The van der Waals surface area contributed by atoms with Crippen LogP contribution in [0, 0.1) is 5.82 Å². The second-order valence-electron chi connectivity index (χ2n) is 4.09. The molecular weight excluding hydrogens is 213 g/mol. The van der Waals surface area contributed by atoms with E-state index in [1.807, 2.05) is 0 Å². The minimum absolute atomic E-state index is 0.185. The first-order valence-electron chi connectivity index (χ1n) is 5.43. The van der Waals surface area contributed by atoms with Crippen LogP contribution in [0.2, 0.25) is 5.02 Å². The lowest BCUT2D eigenvalue weighted by Gasteiger charge is -2.23. The van der Waals surface area contributed by atoms with E-state index in [9.17, 15) is 4.39 Å². The maximum absolute atomic E-state index is 13.5. The zero-order chi connectivity index (χ0) is 10.7. The highest BCUT2D eigenvalue weighted by molar-refractivity contribution is 6.30. The van der Waals surface area contributed by atoms with Crippen molar-refractivity contribution in [2.45, 2.75) is 31.7 Å². The summed E-state index contributed by atoms with van der Waals surface area (Å²) in [6.07, 6.45) is 4.39. The standard InChI is InChI=1S/C12H15ClFN/c13-10-5-4-9(12(14)8-10)7-11-3-1-2-6-15-11/h4-5,8,11,15H,1-3,6-7H2.